The van der Waals surface area contributed by atoms with Crippen LogP contribution in [0.1, 0.15) is 25.7 Å². The van der Waals surface area contributed by atoms with Crippen molar-refractivity contribution in [3.05, 3.63) is 0 Å². The fraction of sp³-hybridized carbons (Fsp3) is 0.917. The van der Waals surface area contributed by atoms with Crippen LogP contribution in [-0.2, 0) is 4.79 Å². The van der Waals surface area contributed by atoms with Gasteiger partial charge in [0.25, 0.3) is 0 Å². The van der Waals surface area contributed by atoms with Crippen molar-refractivity contribution in [3.8, 4) is 0 Å². The Morgan fingerprint density at radius 2 is 2.00 bits per heavy atom. The van der Waals surface area contributed by atoms with Gasteiger partial charge < -0.3 is 15.1 Å². The molecule has 0 aromatic heterocycles. The minimum absolute atomic E-state index is 0.124. The minimum Gasteiger partial charge on any atom is -0.337 e. The topological polar surface area (TPSA) is 35.6 Å². The molecule has 2 atom stereocenters. The Bertz CT molecular complexity index is 290. The van der Waals surface area contributed by atoms with Crippen molar-refractivity contribution in [1.29, 1.82) is 0 Å². The van der Waals surface area contributed by atoms with E-state index in [2.05, 4.69) is 22.2 Å². The zero-order valence-corrected chi connectivity index (χ0v) is 9.98. The summed E-state index contributed by atoms with van der Waals surface area (Å²) in [5, 5.41) is 3.46. The van der Waals surface area contributed by atoms with Crippen molar-refractivity contribution < 1.29 is 4.79 Å². The predicted octanol–water partition coefficient (Wildman–Crippen LogP) is 0.0434. The normalized spacial score (nSPS) is 36.3. The van der Waals surface area contributed by atoms with Crippen molar-refractivity contribution in [2.75, 3.05) is 26.7 Å². The molecule has 1 saturated carbocycles. The number of likely N-dealkylation sites (tertiary alicyclic amines) is 2. The summed E-state index contributed by atoms with van der Waals surface area (Å²) in [6, 6.07) is 1.24. The zero-order chi connectivity index (χ0) is 11.1. The highest BCUT2D eigenvalue weighted by molar-refractivity contribution is 5.84. The average molecular weight is 223 g/mol. The fourth-order valence-corrected chi connectivity index (χ4v) is 2.92. The summed E-state index contributed by atoms with van der Waals surface area (Å²) in [7, 11) is 2.14. The number of hydrogen-bond donors (Lipinski definition) is 1. The molecule has 2 heterocycles. The highest BCUT2D eigenvalue weighted by atomic mass is 16.2. The molecule has 4 nitrogen and oxygen atoms in total. The highest BCUT2D eigenvalue weighted by Gasteiger charge is 2.39. The van der Waals surface area contributed by atoms with Gasteiger partial charge in [0.05, 0.1) is 6.04 Å². The molecule has 3 rings (SSSR count). The number of likely N-dealkylation sites (N-methyl/N-ethyl adjacent to an activating group) is 1. The SMILES string of the molecule is CN1CCC(N2CCC(NC3CC3)C2=O)C1. The van der Waals surface area contributed by atoms with Gasteiger partial charge in [-0.15, -0.1) is 0 Å². The van der Waals surface area contributed by atoms with Gasteiger partial charge >= 0.3 is 0 Å². The Morgan fingerprint density at radius 1 is 1.19 bits per heavy atom. The Balaban J connectivity index is 1.58. The molecule has 3 fully saturated rings. The van der Waals surface area contributed by atoms with Crippen LogP contribution in [0.15, 0.2) is 0 Å². The van der Waals surface area contributed by atoms with E-state index in [-0.39, 0.29) is 6.04 Å². The van der Waals surface area contributed by atoms with Crippen LogP contribution in [0.2, 0.25) is 0 Å². The second-order valence-electron chi connectivity index (χ2n) is 5.52. The molecule has 0 radical (unpaired) electrons. The van der Waals surface area contributed by atoms with Crippen LogP contribution < -0.4 is 5.32 Å². The molecular formula is C12H21N3O. The smallest absolute Gasteiger partial charge is 0.240 e. The van der Waals surface area contributed by atoms with Crippen molar-refractivity contribution in [1.82, 2.24) is 15.1 Å². The van der Waals surface area contributed by atoms with Crippen molar-refractivity contribution in [3.63, 3.8) is 0 Å². The second kappa shape index (κ2) is 4.00. The van der Waals surface area contributed by atoms with Crippen LogP contribution in [0, 0.1) is 0 Å². The maximum atomic E-state index is 12.2. The molecule has 0 bridgehead atoms. The Labute approximate surface area is 97.0 Å². The predicted molar refractivity (Wildman–Crippen MR) is 62.2 cm³/mol. The van der Waals surface area contributed by atoms with E-state index in [9.17, 15) is 4.79 Å². The molecular weight excluding hydrogens is 202 g/mol. The first-order valence-electron chi connectivity index (χ1n) is 6.49. The van der Waals surface area contributed by atoms with Gasteiger partial charge in [-0.25, -0.2) is 0 Å². The van der Waals surface area contributed by atoms with Gasteiger partial charge in [0.15, 0.2) is 0 Å². The van der Waals surface area contributed by atoms with Gasteiger partial charge in [-0.1, -0.05) is 0 Å². The molecule has 2 unspecified atom stereocenters. The van der Waals surface area contributed by atoms with Gasteiger partial charge in [0.2, 0.25) is 5.91 Å². The van der Waals surface area contributed by atoms with E-state index in [1.165, 1.54) is 12.8 Å². The first-order valence-corrected chi connectivity index (χ1v) is 6.49. The monoisotopic (exact) mass is 223 g/mol. The van der Waals surface area contributed by atoms with E-state index in [0.717, 1.165) is 32.5 Å². The van der Waals surface area contributed by atoms with Crippen molar-refractivity contribution in [2.24, 2.45) is 0 Å². The summed E-state index contributed by atoms with van der Waals surface area (Å²) < 4.78 is 0. The first-order chi connectivity index (χ1) is 7.74. The lowest BCUT2D eigenvalue weighted by atomic mass is 10.2. The summed E-state index contributed by atoms with van der Waals surface area (Å²) in [6.07, 6.45) is 4.68. The standard InChI is InChI=1S/C12H21N3O/c1-14-6-4-10(8-14)15-7-5-11(12(15)16)13-9-2-3-9/h9-11,13H,2-8H2,1H3. The second-order valence-corrected chi connectivity index (χ2v) is 5.52. The Kier molecular flexibility index (Phi) is 2.64. The Hall–Kier alpha value is -0.610. The van der Waals surface area contributed by atoms with Gasteiger partial charge in [0, 0.05) is 25.2 Å². The van der Waals surface area contributed by atoms with Crippen LogP contribution in [-0.4, -0.2) is 60.5 Å². The number of rotatable bonds is 3. The van der Waals surface area contributed by atoms with Crippen molar-refractivity contribution in [2.45, 2.75) is 43.8 Å². The van der Waals surface area contributed by atoms with E-state index in [4.69, 9.17) is 0 Å². The quantitative estimate of drug-likeness (QED) is 0.734. The summed E-state index contributed by atoms with van der Waals surface area (Å²) in [4.78, 5) is 16.6. The van der Waals surface area contributed by atoms with Crippen LogP contribution in [0.4, 0.5) is 0 Å². The molecule has 90 valence electrons. The van der Waals surface area contributed by atoms with Crippen LogP contribution >= 0.6 is 0 Å². The number of amides is 1. The molecule has 2 saturated heterocycles. The maximum Gasteiger partial charge on any atom is 0.240 e. The van der Waals surface area contributed by atoms with Crippen molar-refractivity contribution >= 4 is 5.91 Å². The van der Waals surface area contributed by atoms with Gasteiger partial charge in [0.1, 0.15) is 0 Å². The number of hydrogen-bond acceptors (Lipinski definition) is 3. The van der Waals surface area contributed by atoms with E-state index in [1.807, 2.05) is 0 Å². The molecule has 1 aliphatic carbocycles. The molecule has 0 aromatic carbocycles. The molecule has 2 aliphatic heterocycles. The zero-order valence-electron chi connectivity index (χ0n) is 9.98. The van der Waals surface area contributed by atoms with Gasteiger partial charge in [-0.05, 0) is 39.3 Å². The van der Waals surface area contributed by atoms with Crippen LogP contribution in [0.25, 0.3) is 0 Å². The van der Waals surface area contributed by atoms with E-state index >= 15 is 0 Å². The summed E-state index contributed by atoms with van der Waals surface area (Å²) >= 11 is 0. The van der Waals surface area contributed by atoms with E-state index in [0.29, 0.717) is 18.0 Å². The molecule has 3 aliphatic rings. The lowest BCUT2D eigenvalue weighted by molar-refractivity contribution is -0.131. The number of nitrogens with one attached hydrogen (secondary N) is 1. The summed E-state index contributed by atoms with van der Waals surface area (Å²) in [6.45, 7) is 3.15. The number of nitrogens with zero attached hydrogens (tertiary/aromatic N) is 2. The molecule has 1 amide bonds. The Morgan fingerprint density at radius 3 is 2.62 bits per heavy atom. The maximum absolute atomic E-state index is 12.2. The summed E-state index contributed by atoms with van der Waals surface area (Å²) in [5.41, 5.74) is 0. The molecule has 16 heavy (non-hydrogen) atoms. The number of carbonyl (C=O) groups excluding carboxylic acids is 1. The van der Waals surface area contributed by atoms with Gasteiger partial charge in [-0.3, -0.25) is 4.79 Å². The fourth-order valence-electron chi connectivity index (χ4n) is 2.92. The molecule has 4 heteroatoms. The van der Waals surface area contributed by atoms with Crippen LogP contribution in [0.5, 0.6) is 0 Å². The third kappa shape index (κ3) is 1.96. The number of carbonyl (C=O) groups is 1. The molecule has 1 N–H and O–H groups in total. The minimum atomic E-state index is 0.124. The highest BCUT2D eigenvalue weighted by Crippen LogP contribution is 2.25. The average Bonchev–Trinajstić information content (AvgIpc) is 2.87. The van der Waals surface area contributed by atoms with Crippen LogP contribution in [0.3, 0.4) is 0 Å². The first kappa shape index (κ1) is 10.5. The summed E-state index contributed by atoms with van der Waals surface area (Å²) in [5.74, 6) is 0.354. The third-order valence-corrected chi connectivity index (χ3v) is 4.06. The molecule has 0 aromatic rings. The van der Waals surface area contributed by atoms with E-state index in [1.54, 1.807) is 0 Å². The molecule has 0 spiro atoms. The lowest BCUT2D eigenvalue weighted by Gasteiger charge is -2.24. The largest absolute Gasteiger partial charge is 0.337 e. The lowest BCUT2D eigenvalue weighted by Crippen LogP contribution is -2.44. The van der Waals surface area contributed by atoms with Gasteiger partial charge in [-0.2, -0.15) is 0 Å². The van der Waals surface area contributed by atoms with E-state index < -0.39 is 0 Å². The third-order valence-electron chi connectivity index (χ3n) is 4.06.